The molecule has 2 heterocycles. The Balaban J connectivity index is 1.39. The van der Waals surface area contributed by atoms with E-state index >= 15 is 0 Å². The van der Waals surface area contributed by atoms with Crippen molar-refractivity contribution in [2.45, 2.75) is 32.4 Å². The van der Waals surface area contributed by atoms with E-state index in [1.54, 1.807) is 18.2 Å². The first-order valence-corrected chi connectivity index (χ1v) is 10.7. The molecule has 3 aromatic rings. The van der Waals surface area contributed by atoms with Crippen LogP contribution in [-0.4, -0.2) is 44.2 Å². The van der Waals surface area contributed by atoms with E-state index in [-0.39, 0.29) is 5.91 Å². The highest BCUT2D eigenvalue weighted by molar-refractivity contribution is 6.31. The van der Waals surface area contributed by atoms with Crippen molar-refractivity contribution in [2.24, 2.45) is 5.92 Å². The average molecular weight is 482 g/mol. The number of hydrogen-bond acceptors (Lipinski definition) is 6. The van der Waals surface area contributed by atoms with E-state index < -0.39 is 11.9 Å². The molecule has 0 spiro atoms. The second-order valence-electron chi connectivity index (χ2n) is 7.50. The number of amides is 1. The number of alkyl halides is 3. The van der Waals surface area contributed by atoms with Crippen LogP contribution >= 0.6 is 11.6 Å². The molecule has 33 heavy (non-hydrogen) atoms. The monoisotopic (exact) mass is 481 g/mol. The molecule has 0 radical (unpaired) electrons. The van der Waals surface area contributed by atoms with Gasteiger partial charge in [-0.05, 0) is 55.5 Å². The molecule has 12 heteroatoms. The summed E-state index contributed by atoms with van der Waals surface area (Å²) in [6.07, 6.45) is 0.972. The van der Waals surface area contributed by atoms with Gasteiger partial charge in [-0.2, -0.15) is 28.2 Å². The van der Waals surface area contributed by atoms with Crippen molar-refractivity contribution in [1.29, 1.82) is 0 Å². The Morgan fingerprint density at radius 3 is 2.52 bits per heavy atom. The Morgan fingerprint density at radius 1 is 1.09 bits per heavy atom. The zero-order chi connectivity index (χ0) is 23.8. The average Bonchev–Trinajstić information content (AvgIpc) is 3.31. The normalized spacial score (nSPS) is 12.4. The Labute approximate surface area is 193 Å². The third-order valence-corrected chi connectivity index (χ3v) is 5.13. The predicted octanol–water partition coefficient (Wildman–Crippen LogP) is 4.38. The first-order chi connectivity index (χ1) is 15.7. The molecule has 0 aliphatic rings. The second kappa shape index (κ2) is 11.1. The number of benzene rings is 1. The van der Waals surface area contributed by atoms with Gasteiger partial charge in [0, 0.05) is 18.1 Å². The first-order valence-electron chi connectivity index (χ1n) is 10.3. The molecule has 0 aliphatic carbocycles. The number of anilines is 1. The summed E-state index contributed by atoms with van der Waals surface area (Å²) in [6.45, 7) is 3.11. The molecule has 1 atom stereocenters. The number of nitrogens with one attached hydrogen (secondary N) is 2. The fourth-order valence-corrected chi connectivity index (χ4v) is 3.29. The topological polar surface area (TPSA) is 97.6 Å². The summed E-state index contributed by atoms with van der Waals surface area (Å²) >= 11 is 6.05. The standard InChI is InChI=1S/C21H23ClF3N7O/c1-14(8-10-26-19-7-6-18(30-31-19)21(23,24)25)3-2-9-27-20(33)16-13-15(22)4-5-17(16)32-28-11-12-29-32/h4-7,11-14H,2-3,8-10H2,1H3,(H,26,31)(H,27,33). The number of halogens is 4. The molecule has 2 aromatic heterocycles. The van der Waals surface area contributed by atoms with E-state index in [9.17, 15) is 18.0 Å². The zero-order valence-electron chi connectivity index (χ0n) is 17.8. The van der Waals surface area contributed by atoms with Crippen molar-refractivity contribution in [3.8, 4) is 5.69 Å². The maximum Gasteiger partial charge on any atom is 0.435 e. The van der Waals surface area contributed by atoms with Crippen LogP contribution in [0.15, 0.2) is 42.7 Å². The lowest BCUT2D eigenvalue weighted by Crippen LogP contribution is -2.26. The summed E-state index contributed by atoms with van der Waals surface area (Å²) in [5.41, 5.74) is -0.101. The number of carbonyl (C=O) groups is 1. The van der Waals surface area contributed by atoms with Gasteiger partial charge in [0.15, 0.2) is 5.69 Å². The highest BCUT2D eigenvalue weighted by Gasteiger charge is 2.32. The van der Waals surface area contributed by atoms with Crippen molar-refractivity contribution in [3.05, 3.63) is 59.0 Å². The molecule has 3 rings (SSSR count). The molecule has 1 amide bonds. The lowest BCUT2D eigenvalue weighted by atomic mass is 10.0. The Morgan fingerprint density at radius 2 is 1.85 bits per heavy atom. The lowest BCUT2D eigenvalue weighted by molar-refractivity contribution is -0.141. The van der Waals surface area contributed by atoms with Crippen LogP contribution in [0.1, 0.15) is 42.2 Å². The Bertz CT molecular complexity index is 1040. The van der Waals surface area contributed by atoms with Crippen LogP contribution in [-0.2, 0) is 6.18 Å². The maximum atomic E-state index is 12.6. The molecule has 2 N–H and O–H groups in total. The first kappa shape index (κ1) is 24.4. The van der Waals surface area contributed by atoms with E-state index in [4.69, 9.17) is 11.6 Å². The third kappa shape index (κ3) is 7.14. The van der Waals surface area contributed by atoms with Gasteiger partial charge in [0.1, 0.15) is 5.82 Å². The maximum absolute atomic E-state index is 12.6. The van der Waals surface area contributed by atoms with E-state index in [2.05, 4.69) is 38.0 Å². The smallest absolute Gasteiger partial charge is 0.369 e. The quantitative estimate of drug-likeness (QED) is 0.417. The van der Waals surface area contributed by atoms with Gasteiger partial charge in [-0.25, -0.2) is 0 Å². The Hall–Kier alpha value is -3.21. The number of rotatable bonds is 10. The van der Waals surface area contributed by atoms with Crippen molar-refractivity contribution in [2.75, 3.05) is 18.4 Å². The van der Waals surface area contributed by atoms with E-state index in [1.165, 1.54) is 23.3 Å². The van der Waals surface area contributed by atoms with Crippen molar-refractivity contribution in [1.82, 2.24) is 30.5 Å². The highest BCUT2D eigenvalue weighted by Crippen LogP contribution is 2.27. The largest absolute Gasteiger partial charge is 0.435 e. The molecule has 1 unspecified atom stereocenters. The van der Waals surface area contributed by atoms with E-state index in [0.717, 1.165) is 25.3 Å². The number of nitrogens with zero attached hydrogens (tertiary/aromatic N) is 5. The van der Waals surface area contributed by atoms with Gasteiger partial charge in [-0.3, -0.25) is 4.79 Å². The molecular formula is C21H23ClF3N7O. The SMILES string of the molecule is CC(CCCNC(=O)c1cc(Cl)ccc1-n1nccn1)CCNc1ccc(C(F)(F)F)nn1. The van der Waals surface area contributed by atoms with Gasteiger partial charge in [0.05, 0.1) is 23.6 Å². The number of aromatic nitrogens is 5. The second-order valence-corrected chi connectivity index (χ2v) is 7.94. The molecule has 0 saturated carbocycles. The Kier molecular flexibility index (Phi) is 8.21. The van der Waals surface area contributed by atoms with Crippen LogP contribution in [0, 0.1) is 5.92 Å². The third-order valence-electron chi connectivity index (χ3n) is 4.89. The minimum Gasteiger partial charge on any atom is -0.369 e. The fourth-order valence-electron chi connectivity index (χ4n) is 3.12. The number of carbonyl (C=O) groups excluding carboxylic acids is 1. The van der Waals surface area contributed by atoms with Gasteiger partial charge in [-0.15, -0.1) is 10.2 Å². The molecular weight excluding hydrogens is 459 g/mol. The van der Waals surface area contributed by atoms with Crippen LogP contribution in [0.3, 0.4) is 0 Å². The summed E-state index contributed by atoms with van der Waals surface area (Å²) in [5, 5.41) is 21.2. The number of hydrogen-bond donors (Lipinski definition) is 2. The summed E-state index contributed by atoms with van der Waals surface area (Å²) in [5.74, 6) is 0.373. The van der Waals surface area contributed by atoms with Crippen molar-refractivity contribution in [3.63, 3.8) is 0 Å². The molecule has 1 aromatic carbocycles. The minimum atomic E-state index is -4.50. The van der Waals surface area contributed by atoms with Crippen molar-refractivity contribution < 1.29 is 18.0 Å². The summed E-state index contributed by atoms with van der Waals surface area (Å²) in [6, 6.07) is 7.10. The zero-order valence-corrected chi connectivity index (χ0v) is 18.6. The molecule has 0 saturated heterocycles. The summed E-state index contributed by atoms with van der Waals surface area (Å²) in [4.78, 5) is 14.0. The van der Waals surface area contributed by atoms with Crippen molar-refractivity contribution >= 4 is 23.3 Å². The van der Waals surface area contributed by atoms with E-state index in [0.29, 0.717) is 41.1 Å². The van der Waals surface area contributed by atoms with Crippen LogP contribution < -0.4 is 10.6 Å². The predicted molar refractivity (Wildman–Crippen MR) is 117 cm³/mol. The lowest BCUT2D eigenvalue weighted by Gasteiger charge is -2.13. The summed E-state index contributed by atoms with van der Waals surface area (Å²) < 4.78 is 37.5. The minimum absolute atomic E-state index is 0.264. The van der Waals surface area contributed by atoms with Gasteiger partial charge < -0.3 is 10.6 Å². The molecule has 0 bridgehead atoms. The van der Waals surface area contributed by atoms with Gasteiger partial charge in [-0.1, -0.05) is 18.5 Å². The van der Waals surface area contributed by atoms with Gasteiger partial charge in [0.2, 0.25) is 0 Å². The van der Waals surface area contributed by atoms with Crippen LogP contribution in [0.25, 0.3) is 5.69 Å². The fraction of sp³-hybridized carbons (Fsp3) is 0.381. The summed E-state index contributed by atoms with van der Waals surface area (Å²) in [7, 11) is 0. The molecule has 0 aliphatic heterocycles. The van der Waals surface area contributed by atoms with Crippen LogP contribution in [0.2, 0.25) is 5.02 Å². The molecule has 176 valence electrons. The van der Waals surface area contributed by atoms with Crippen LogP contribution in [0.4, 0.5) is 19.0 Å². The van der Waals surface area contributed by atoms with Gasteiger partial charge >= 0.3 is 6.18 Å². The highest BCUT2D eigenvalue weighted by atomic mass is 35.5. The van der Waals surface area contributed by atoms with Crippen LogP contribution in [0.5, 0.6) is 0 Å². The molecule has 0 fully saturated rings. The van der Waals surface area contributed by atoms with E-state index in [1.807, 2.05) is 0 Å². The van der Waals surface area contributed by atoms with Gasteiger partial charge in [0.25, 0.3) is 5.91 Å². The molecule has 8 nitrogen and oxygen atoms in total.